The van der Waals surface area contributed by atoms with Gasteiger partial charge in [0.25, 0.3) is 0 Å². The number of nitrogens with zero attached hydrogens (tertiary/aromatic N) is 1. The minimum atomic E-state index is 0.332. The van der Waals surface area contributed by atoms with Crippen LogP contribution in [-0.2, 0) is 4.74 Å². The second-order valence-electron chi connectivity index (χ2n) is 3.19. The fraction of sp³-hybridized carbons (Fsp3) is 0.875. The number of rotatable bonds is 1. The van der Waals surface area contributed by atoms with Gasteiger partial charge in [-0.25, -0.2) is 0 Å². The van der Waals surface area contributed by atoms with Crippen molar-refractivity contribution in [2.24, 2.45) is 5.92 Å². The third kappa shape index (κ3) is 2.19. The van der Waals surface area contributed by atoms with E-state index >= 15 is 0 Å². The molecule has 3 nitrogen and oxygen atoms in total. The number of amidine groups is 1. The molecule has 0 aromatic heterocycles. The third-order valence-corrected chi connectivity index (χ3v) is 2.03. The zero-order valence-corrected chi connectivity index (χ0v) is 7.26. The summed E-state index contributed by atoms with van der Waals surface area (Å²) in [5.41, 5.74) is 0. The highest BCUT2D eigenvalue weighted by Crippen LogP contribution is 2.15. The molecule has 0 amide bonds. The van der Waals surface area contributed by atoms with Crippen molar-refractivity contribution in [1.82, 2.24) is 4.90 Å². The lowest BCUT2D eigenvalue weighted by Crippen LogP contribution is -2.34. The maximum atomic E-state index is 7.68. The van der Waals surface area contributed by atoms with Crippen LogP contribution in [0.4, 0.5) is 0 Å². The Balaban J connectivity index is 2.39. The van der Waals surface area contributed by atoms with Crippen LogP contribution in [0.5, 0.6) is 0 Å². The Bertz CT molecular complexity index is 139. The molecule has 1 fully saturated rings. The number of ether oxygens (including phenoxy) is 1. The molecule has 1 saturated heterocycles. The summed E-state index contributed by atoms with van der Waals surface area (Å²) in [5.74, 6) is 1.03. The monoisotopic (exact) mass is 156 g/mol. The van der Waals surface area contributed by atoms with Crippen molar-refractivity contribution in [3.63, 3.8) is 0 Å². The van der Waals surface area contributed by atoms with E-state index in [9.17, 15) is 0 Å². The first kappa shape index (κ1) is 8.53. The van der Waals surface area contributed by atoms with Crippen molar-refractivity contribution in [2.75, 3.05) is 27.3 Å². The van der Waals surface area contributed by atoms with Gasteiger partial charge in [0.1, 0.15) is 5.84 Å². The Labute approximate surface area is 67.8 Å². The highest BCUT2D eigenvalue weighted by atomic mass is 16.5. The Morgan fingerprint density at radius 2 is 2.27 bits per heavy atom. The van der Waals surface area contributed by atoms with Gasteiger partial charge in [-0.15, -0.1) is 0 Å². The average Bonchev–Trinajstić information content (AvgIpc) is 2.05. The highest BCUT2D eigenvalue weighted by molar-refractivity contribution is 5.81. The molecule has 1 N–H and O–H groups in total. The van der Waals surface area contributed by atoms with Gasteiger partial charge in [0, 0.05) is 26.6 Å². The predicted octanol–water partition coefficient (Wildman–Crippen LogP) is 0.952. The maximum Gasteiger partial charge on any atom is 0.101 e. The molecule has 0 spiro atoms. The fourth-order valence-corrected chi connectivity index (χ4v) is 1.32. The molecule has 0 aliphatic carbocycles. The van der Waals surface area contributed by atoms with Crippen LogP contribution < -0.4 is 0 Å². The van der Waals surface area contributed by atoms with Gasteiger partial charge in [0.2, 0.25) is 0 Å². The molecular weight excluding hydrogens is 140 g/mol. The number of hydrogen-bond donors (Lipinski definition) is 1. The van der Waals surface area contributed by atoms with Crippen LogP contribution in [0.1, 0.15) is 12.8 Å². The zero-order valence-electron chi connectivity index (χ0n) is 7.26. The first-order valence-corrected chi connectivity index (χ1v) is 4.05. The third-order valence-electron chi connectivity index (χ3n) is 2.03. The maximum absolute atomic E-state index is 7.68. The van der Waals surface area contributed by atoms with E-state index in [1.54, 1.807) is 0 Å². The van der Waals surface area contributed by atoms with Gasteiger partial charge in [0.15, 0.2) is 0 Å². The van der Waals surface area contributed by atoms with E-state index in [4.69, 9.17) is 10.1 Å². The van der Waals surface area contributed by atoms with Gasteiger partial charge in [-0.2, -0.15) is 0 Å². The van der Waals surface area contributed by atoms with Gasteiger partial charge in [0.05, 0.1) is 6.61 Å². The molecule has 0 aromatic rings. The van der Waals surface area contributed by atoms with Crippen molar-refractivity contribution >= 4 is 5.84 Å². The van der Waals surface area contributed by atoms with Crippen LogP contribution in [0, 0.1) is 11.3 Å². The summed E-state index contributed by atoms with van der Waals surface area (Å²) in [6.07, 6.45) is 2.21. The lowest BCUT2D eigenvalue weighted by molar-refractivity contribution is 0.0736. The summed E-state index contributed by atoms with van der Waals surface area (Å²) < 4.78 is 5.29. The molecule has 1 aliphatic heterocycles. The van der Waals surface area contributed by atoms with Crippen molar-refractivity contribution in [3.05, 3.63) is 0 Å². The van der Waals surface area contributed by atoms with Gasteiger partial charge in [-0.05, 0) is 12.8 Å². The van der Waals surface area contributed by atoms with Crippen molar-refractivity contribution in [1.29, 1.82) is 5.41 Å². The largest absolute Gasteiger partial charge is 0.381 e. The zero-order chi connectivity index (χ0) is 8.27. The van der Waals surface area contributed by atoms with Gasteiger partial charge in [-0.1, -0.05) is 0 Å². The summed E-state index contributed by atoms with van der Waals surface area (Å²) in [6, 6.07) is 0. The molecule has 1 aliphatic rings. The highest BCUT2D eigenvalue weighted by Gasteiger charge is 2.19. The van der Waals surface area contributed by atoms with Crippen LogP contribution in [0.2, 0.25) is 0 Å². The van der Waals surface area contributed by atoms with E-state index in [1.165, 1.54) is 0 Å². The van der Waals surface area contributed by atoms with Gasteiger partial charge >= 0.3 is 0 Å². The summed E-state index contributed by atoms with van der Waals surface area (Å²) in [5, 5.41) is 7.68. The van der Waals surface area contributed by atoms with E-state index in [2.05, 4.69) is 0 Å². The Kier molecular flexibility index (Phi) is 2.88. The van der Waals surface area contributed by atoms with E-state index in [0.717, 1.165) is 26.1 Å². The molecule has 1 heterocycles. The summed E-state index contributed by atoms with van der Waals surface area (Å²) in [7, 11) is 3.83. The summed E-state index contributed by atoms with van der Waals surface area (Å²) in [4.78, 5) is 1.86. The summed E-state index contributed by atoms with van der Waals surface area (Å²) >= 11 is 0. The van der Waals surface area contributed by atoms with Crippen LogP contribution >= 0.6 is 0 Å². The predicted molar refractivity (Wildman–Crippen MR) is 45.0 cm³/mol. The van der Waals surface area contributed by atoms with Crippen LogP contribution in [-0.4, -0.2) is 38.0 Å². The molecular formula is C8H16N2O. The summed E-state index contributed by atoms with van der Waals surface area (Å²) in [6.45, 7) is 1.61. The Morgan fingerprint density at radius 3 is 2.73 bits per heavy atom. The molecule has 3 heteroatoms. The molecule has 0 aromatic carbocycles. The fourth-order valence-electron chi connectivity index (χ4n) is 1.32. The minimum Gasteiger partial charge on any atom is -0.381 e. The molecule has 0 radical (unpaired) electrons. The van der Waals surface area contributed by atoms with Crippen LogP contribution in [0.25, 0.3) is 0 Å². The Hall–Kier alpha value is -0.570. The minimum absolute atomic E-state index is 0.332. The molecule has 1 rings (SSSR count). The van der Waals surface area contributed by atoms with E-state index < -0.39 is 0 Å². The SMILES string of the molecule is CN(C)C(=N)C1CCCOC1. The molecule has 0 bridgehead atoms. The van der Waals surface area contributed by atoms with Crippen molar-refractivity contribution < 1.29 is 4.74 Å². The van der Waals surface area contributed by atoms with Crippen molar-refractivity contribution in [3.8, 4) is 0 Å². The van der Waals surface area contributed by atoms with E-state index in [1.807, 2.05) is 19.0 Å². The number of hydrogen-bond acceptors (Lipinski definition) is 2. The molecule has 0 saturated carbocycles. The van der Waals surface area contributed by atoms with E-state index in [0.29, 0.717) is 11.8 Å². The first-order chi connectivity index (χ1) is 5.22. The standard InChI is InChI=1S/C8H16N2O/c1-10(2)8(9)7-4-3-5-11-6-7/h7,9H,3-6H2,1-2H3. The van der Waals surface area contributed by atoms with Crippen LogP contribution in [0.3, 0.4) is 0 Å². The normalized spacial score (nSPS) is 24.7. The molecule has 64 valence electrons. The topological polar surface area (TPSA) is 36.3 Å². The lowest BCUT2D eigenvalue weighted by Gasteiger charge is -2.26. The quantitative estimate of drug-likeness (QED) is 0.453. The molecule has 1 atom stereocenters. The van der Waals surface area contributed by atoms with Gasteiger partial charge in [-0.3, -0.25) is 5.41 Å². The smallest absolute Gasteiger partial charge is 0.101 e. The van der Waals surface area contributed by atoms with Crippen LogP contribution in [0.15, 0.2) is 0 Å². The Morgan fingerprint density at radius 1 is 1.55 bits per heavy atom. The molecule has 1 unspecified atom stereocenters. The van der Waals surface area contributed by atoms with Gasteiger partial charge < -0.3 is 9.64 Å². The second kappa shape index (κ2) is 3.72. The van der Waals surface area contributed by atoms with E-state index in [-0.39, 0.29) is 0 Å². The average molecular weight is 156 g/mol. The molecule has 11 heavy (non-hydrogen) atoms. The van der Waals surface area contributed by atoms with Crippen molar-refractivity contribution in [2.45, 2.75) is 12.8 Å². The first-order valence-electron chi connectivity index (χ1n) is 4.05. The second-order valence-corrected chi connectivity index (χ2v) is 3.19. The lowest BCUT2D eigenvalue weighted by atomic mass is 10.0. The number of nitrogens with one attached hydrogen (secondary N) is 1.